The fraction of sp³-hybridized carbons (Fsp3) is 0.714. The standard InChI is InChI=1S/C28H35FO4/c29-24-11-26(33-15-28-12-17-5-18(13-28)7-19(6-17)14-28)22(20-3-4-20)10-23(24)25(30)9-21(27(31)32)8-16-1-2-16/h10-11,16-21H,1-9,12-15H2,(H,31,32)/t17?,18?,19?,21-,28?/m1/s1. The average Bonchev–Trinajstić information content (AvgIpc) is 3.65. The summed E-state index contributed by atoms with van der Waals surface area (Å²) in [7, 11) is 0. The van der Waals surface area contributed by atoms with E-state index in [9.17, 15) is 14.7 Å². The molecular formula is C28H35FO4. The van der Waals surface area contributed by atoms with Crippen molar-refractivity contribution in [3.8, 4) is 5.75 Å². The van der Waals surface area contributed by atoms with Crippen LogP contribution in [-0.2, 0) is 4.79 Å². The molecule has 1 N–H and O–H groups in total. The maximum atomic E-state index is 15.1. The monoisotopic (exact) mass is 454 g/mol. The van der Waals surface area contributed by atoms with Gasteiger partial charge in [0.1, 0.15) is 11.6 Å². The zero-order valence-electron chi connectivity index (χ0n) is 19.4. The van der Waals surface area contributed by atoms with Crippen LogP contribution in [0.1, 0.15) is 98.9 Å². The lowest BCUT2D eigenvalue weighted by atomic mass is 9.50. The van der Waals surface area contributed by atoms with Crippen LogP contribution >= 0.6 is 0 Å². The van der Waals surface area contributed by atoms with Crippen LogP contribution in [0, 0.1) is 40.8 Å². The topological polar surface area (TPSA) is 63.6 Å². The number of carboxylic acid groups (broad SMARTS) is 1. The molecule has 6 aliphatic rings. The molecular weight excluding hydrogens is 419 g/mol. The summed E-state index contributed by atoms with van der Waals surface area (Å²) < 4.78 is 21.5. The van der Waals surface area contributed by atoms with Crippen LogP contribution in [0.15, 0.2) is 12.1 Å². The van der Waals surface area contributed by atoms with Crippen molar-refractivity contribution in [1.82, 2.24) is 0 Å². The third-order valence-electron chi connectivity index (χ3n) is 9.21. The van der Waals surface area contributed by atoms with Gasteiger partial charge >= 0.3 is 5.97 Å². The minimum Gasteiger partial charge on any atom is -0.493 e. The molecule has 6 saturated carbocycles. The summed E-state index contributed by atoms with van der Waals surface area (Å²) in [6.07, 6.45) is 12.4. The van der Waals surface area contributed by atoms with E-state index in [1.54, 1.807) is 6.07 Å². The smallest absolute Gasteiger partial charge is 0.306 e. The predicted octanol–water partition coefficient (Wildman–Crippen LogP) is 6.37. The van der Waals surface area contributed by atoms with Crippen LogP contribution in [0.5, 0.6) is 5.75 Å². The number of halogens is 1. The molecule has 0 heterocycles. The van der Waals surface area contributed by atoms with Crippen molar-refractivity contribution >= 4 is 11.8 Å². The Labute approximate surface area is 195 Å². The SMILES string of the molecule is O=C(C[C@@H](CC1CC1)C(=O)O)c1cc(C2CC2)c(OCC23CC4CC(CC(C4)C2)C3)cc1F. The van der Waals surface area contributed by atoms with Crippen molar-refractivity contribution in [1.29, 1.82) is 0 Å². The maximum Gasteiger partial charge on any atom is 0.306 e. The summed E-state index contributed by atoms with van der Waals surface area (Å²) in [6, 6.07) is 3.10. The van der Waals surface area contributed by atoms with Gasteiger partial charge in [-0.25, -0.2) is 4.39 Å². The Morgan fingerprint density at radius 3 is 2.21 bits per heavy atom. The predicted molar refractivity (Wildman–Crippen MR) is 122 cm³/mol. The van der Waals surface area contributed by atoms with E-state index in [1.807, 2.05) is 0 Å². The van der Waals surface area contributed by atoms with Gasteiger partial charge < -0.3 is 9.84 Å². The number of hydrogen-bond donors (Lipinski definition) is 1. The highest BCUT2D eigenvalue weighted by atomic mass is 19.1. The maximum absolute atomic E-state index is 15.1. The van der Waals surface area contributed by atoms with Crippen molar-refractivity contribution in [2.24, 2.45) is 35.0 Å². The number of hydrogen-bond acceptors (Lipinski definition) is 3. The summed E-state index contributed by atoms with van der Waals surface area (Å²) in [5, 5.41) is 9.53. The van der Waals surface area contributed by atoms with E-state index in [0.717, 1.165) is 49.0 Å². The Morgan fingerprint density at radius 1 is 1.03 bits per heavy atom. The molecule has 6 aliphatic carbocycles. The van der Waals surface area contributed by atoms with Gasteiger partial charge in [0.25, 0.3) is 0 Å². The zero-order valence-corrected chi connectivity index (χ0v) is 19.4. The summed E-state index contributed by atoms with van der Waals surface area (Å²) in [6.45, 7) is 0.658. The van der Waals surface area contributed by atoms with Crippen molar-refractivity contribution in [3.63, 3.8) is 0 Å². The first-order chi connectivity index (χ1) is 15.9. The van der Waals surface area contributed by atoms with Gasteiger partial charge in [-0.2, -0.15) is 0 Å². The highest BCUT2D eigenvalue weighted by Gasteiger charge is 2.51. The molecule has 0 aliphatic heterocycles. The molecule has 6 fully saturated rings. The number of Topliss-reactive ketones (excluding diaryl/α,β-unsaturated/α-hetero) is 1. The van der Waals surface area contributed by atoms with Crippen LogP contribution in [-0.4, -0.2) is 23.5 Å². The first kappa shape index (κ1) is 21.6. The van der Waals surface area contributed by atoms with Crippen molar-refractivity contribution < 1.29 is 23.8 Å². The van der Waals surface area contributed by atoms with Gasteiger partial charge in [-0.15, -0.1) is 0 Å². The summed E-state index contributed by atoms with van der Waals surface area (Å²) in [4.78, 5) is 24.6. The third kappa shape index (κ3) is 4.44. The average molecular weight is 455 g/mol. The lowest BCUT2D eigenvalue weighted by molar-refractivity contribution is -0.142. The highest BCUT2D eigenvalue weighted by molar-refractivity contribution is 5.98. The normalized spacial score (nSPS) is 33.2. The summed E-state index contributed by atoms with van der Waals surface area (Å²) >= 11 is 0. The molecule has 0 unspecified atom stereocenters. The van der Waals surface area contributed by atoms with Gasteiger partial charge in [-0.3, -0.25) is 9.59 Å². The van der Waals surface area contributed by atoms with E-state index in [-0.39, 0.29) is 17.4 Å². The molecule has 0 amide bonds. The van der Waals surface area contributed by atoms with Gasteiger partial charge in [-0.1, -0.05) is 12.8 Å². The van der Waals surface area contributed by atoms with Gasteiger partial charge in [0.05, 0.1) is 18.1 Å². The van der Waals surface area contributed by atoms with E-state index < -0.39 is 23.5 Å². The van der Waals surface area contributed by atoms with E-state index >= 15 is 4.39 Å². The molecule has 1 aromatic rings. The fourth-order valence-electron chi connectivity index (χ4n) is 7.68. The first-order valence-electron chi connectivity index (χ1n) is 13.1. The van der Waals surface area contributed by atoms with Crippen LogP contribution < -0.4 is 4.74 Å². The quantitative estimate of drug-likeness (QED) is 0.417. The Hall–Kier alpha value is -1.91. The number of ketones is 1. The molecule has 1 atom stereocenters. The molecule has 7 rings (SSSR count). The molecule has 0 spiro atoms. The van der Waals surface area contributed by atoms with Gasteiger partial charge in [-0.05, 0) is 99.0 Å². The minimum atomic E-state index is -0.950. The van der Waals surface area contributed by atoms with Crippen molar-refractivity contribution in [2.75, 3.05) is 6.61 Å². The van der Waals surface area contributed by atoms with E-state index in [0.29, 0.717) is 30.6 Å². The van der Waals surface area contributed by atoms with Crippen LogP contribution in [0.2, 0.25) is 0 Å². The third-order valence-corrected chi connectivity index (χ3v) is 9.21. The molecule has 0 radical (unpaired) electrons. The van der Waals surface area contributed by atoms with Crippen LogP contribution in [0.25, 0.3) is 0 Å². The van der Waals surface area contributed by atoms with Crippen molar-refractivity contribution in [3.05, 3.63) is 29.1 Å². The number of rotatable bonds is 10. The van der Waals surface area contributed by atoms with Gasteiger partial charge in [0.2, 0.25) is 0 Å². The molecule has 4 nitrogen and oxygen atoms in total. The number of carbonyl (C=O) groups is 2. The largest absolute Gasteiger partial charge is 0.493 e. The van der Waals surface area contributed by atoms with E-state index in [2.05, 4.69) is 0 Å². The Balaban J connectivity index is 1.19. The lowest BCUT2D eigenvalue weighted by Gasteiger charge is -2.56. The highest BCUT2D eigenvalue weighted by Crippen LogP contribution is 2.60. The zero-order chi connectivity index (χ0) is 22.7. The Bertz CT molecular complexity index is 926. The number of carboxylic acids is 1. The fourth-order valence-corrected chi connectivity index (χ4v) is 7.68. The first-order valence-corrected chi connectivity index (χ1v) is 13.1. The molecule has 178 valence electrons. The Morgan fingerprint density at radius 2 is 1.67 bits per heavy atom. The number of benzene rings is 1. The van der Waals surface area contributed by atoms with E-state index in [4.69, 9.17) is 4.74 Å². The second-order valence-corrected chi connectivity index (χ2v) is 12.2. The molecule has 0 saturated heterocycles. The molecule has 5 heteroatoms. The summed E-state index contributed by atoms with van der Waals surface area (Å²) in [5.41, 5.74) is 1.23. The number of ether oxygens (including phenoxy) is 1. The van der Waals surface area contributed by atoms with Crippen LogP contribution in [0.3, 0.4) is 0 Å². The van der Waals surface area contributed by atoms with Gasteiger partial charge in [0.15, 0.2) is 5.78 Å². The van der Waals surface area contributed by atoms with E-state index in [1.165, 1.54) is 44.6 Å². The molecule has 1 aromatic carbocycles. The second kappa shape index (κ2) is 8.09. The number of aliphatic carboxylic acids is 1. The van der Waals surface area contributed by atoms with Crippen molar-refractivity contribution in [2.45, 2.75) is 83.0 Å². The Kier molecular flexibility index (Phi) is 5.30. The summed E-state index contributed by atoms with van der Waals surface area (Å²) in [5.74, 6) is 1.24. The van der Waals surface area contributed by atoms with Crippen LogP contribution in [0.4, 0.5) is 4.39 Å². The molecule has 33 heavy (non-hydrogen) atoms. The molecule has 4 bridgehead atoms. The molecule has 0 aromatic heterocycles. The second-order valence-electron chi connectivity index (χ2n) is 12.2. The lowest BCUT2D eigenvalue weighted by Crippen LogP contribution is -2.48. The minimum absolute atomic E-state index is 0.0427. The number of carbonyl (C=O) groups excluding carboxylic acids is 1. The van der Waals surface area contributed by atoms with Gasteiger partial charge in [0, 0.05) is 17.9 Å².